The van der Waals surface area contributed by atoms with E-state index in [0.29, 0.717) is 4.88 Å². The van der Waals surface area contributed by atoms with Crippen molar-refractivity contribution in [3.8, 4) is 0 Å². The number of amides is 1. The lowest BCUT2D eigenvalue weighted by Crippen LogP contribution is -2.14. The maximum Gasteiger partial charge on any atom is 0.269 e. The van der Waals surface area contributed by atoms with Crippen LogP contribution >= 0.6 is 11.5 Å². The number of hydrogen-bond acceptors (Lipinski definition) is 5. The minimum Gasteiger partial charge on any atom is -0.385 e. The van der Waals surface area contributed by atoms with E-state index in [-0.39, 0.29) is 5.91 Å². The average Bonchev–Trinajstić information content (AvgIpc) is 2.92. The number of benzene rings is 1. The fraction of sp³-hybridized carbons (Fsp3) is 0.250. The summed E-state index contributed by atoms with van der Waals surface area (Å²) in [5.41, 5.74) is 3.23. The molecule has 0 saturated carbocycles. The highest BCUT2D eigenvalue weighted by Crippen LogP contribution is 2.25. The number of carbonyl (C=O) groups excluding carboxylic acids is 1. The van der Waals surface area contributed by atoms with Gasteiger partial charge in [0, 0.05) is 17.9 Å². The van der Waals surface area contributed by atoms with E-state index in [1.165, 1.54) is 17.4 Å². The van der Waals surface area contributed by atoms with Gasteiger partial charge in [0.05, 0.1) is 6.20 Å². The Morgan fingerprint density at radius 2 is 2.39 bits per heavy atom. The molecule has 0 unspecified atom stereocenters. The monoisotopic (exact) mass is 260 g/mol. The summed E-state index contributed by atoms with van der Waals surface area (Å²) in [6, 6.07) is 5.94. The van der Waals surface area contributed by atoms with Gasteiger partial charge >= 0.3 is 0 Å². The van der Waals surface area contributed by atoms with Gasteiger partial charge < -0.3 is 10.6 Å². The molecule has 92 valence electrons. The second-order valence-electron chi connectivity index (χ2n) is 4.14. The third kappa shape index (κ3) is 2.19. The standard InChI is InChI=1S/C12H12N4OS/c17-12(11-7-14-16-18-11)15-9-3-4-10-8(6-9)2-1-5-13-10/h3-4,6-7,13H,1-2,5H2,(H,15,17). The Kier molecular flexibility index (Phi) is 2.93. The molecule has 5 nitrogen and oxygen atoms in total. The van der Waals surface area contributed by atoms with E-state index in [9.17, 15) is 4.79 Å². The molecule has 0 atom stereocenters. The number of carbonyl (C=O) groups is 1. The van der Waals surface area contributed by atoms with E-state index >= 15 is 0 Å². The maximum atomic E-state index is 11.8. The molecule has 18 heavy (non-hydrogen) atoms. The molecule has 1 aliphatic heterocycles. The van der Waals surface area contributed by atoms with E-state index in [1.54, 1.807) is 0 Å². The smallest absolute Gasteiger partial charge is 0.269 e. The molecule has 0 spiro atoms. The van der Waals surface area contributed by atoms with Crippen molar-refractivity contribution in [2.75, 3.05) is 17.2 Å². The Labute approximate surface area is 108 Å². The van der Waals surface area contributed by atoms with Gasteiger partial charge in [-0.2, -0.15) is 0 Å². The van der Waals surface area contributed by atoms with Crippen LogP contribution in [0.15, 0.2) is 24.4 Å². The van der Waals surface area contributed by atoms with Gasteiger partial charge in [-0.1, -0.05) is 4.49 Å². The van der Waals surface area contributed by atoms with Gasteiger partial charge in [-0.25, -0.2) is 0 Å². The van der Waals surface area contributed by atoms with Gasteiger partial charge in [-0.05, 0) is 48.1 Å². The van der Waals surface area contributed by atoms with Crippen molar-refractivity contribution < 1.29 is 4.79 Å². The second kappa shape index (κ2) is 4.73. The highest BCUT2D eigenvalue weighted by atomic mass is 32.1. The number of fused-ring (bicyclic) bond motifs is 1. The molecule has 6 heteroatoms. The minimum atomic E-state index is -0.159. The summed E-state index contributed by atoms with van der Waals surface area (Å²) in [7, 11) is 0. The Balaban J connectivity index is 1.79. The van der Waals surface area contributed by atoms with Crippen molar-refractivity contribution in [2.24, 2.45) is 0 Å². The van der Waals surface area contributed by atoms with Crippen LogP contribution in [0.1, 0.15) is 21.7 Å². The van der Waals surface area contributed by atoms with Crippen LogP contribution in [0.4, 0.5) is 11.4 Å². The lowest BCUT2D eigenvalue weighted by Gasteiger charge is -2.18. The number of rotatable bonds is 2. The van der Waals surface area contributed by atoms with E-state index in [1.807, 2.05) is 18.2 Å². The van der Waals surface area contributed by atoms with Crippen molar-refractivity contribution in [1.29, 1.82) is 0 Å². The zero-order valence-electron chi connectivity index (χ0n) is 9.64. The molecule has 1 aliphatic rings. The van der Waals surface area contributed by atoms with Crippen LogP contribution in [0.2, 0.25) is 0 Å². The molecule has 3 rings (SSSR count). The molecule has 0 radical (unpaired) electrons. The normalized spacial score (nSPS) is 13.6. The van der Waals surface area contributed by atoms with Crippen molar-refractivity contribution in [1.82, 2.24) is 9.59 Å². The molecule has 0 fully saturated rings. The highest BCUT2D eigenvalue weighted by molar-refractivity contribution is 7.07. The van der Waals surface area contributed by atoms with Crippen LogP contribution in [0, 0.1) is 0 Å². The first-order chi connectivity index (χ1) is 8.83. The van der Waals surface area contributed by atoms with Gasteiger partial charge in [0.1, 0.15) is 4.88 Å². The van der Waals surface area contributed by atoms with E-state index in [0.717, 1.165) is 36.6 Å². The molecular weight excluding hydrogens is 248 g/mol. The van der Waals surface area contributed by atoms with Crippen molar-refractivity contribution in [3.63, 3.8) is 0 Å². The summed E-state index contributed by atoms with van der Waals surface area (Å²) in [5, 5.41) is 9.85. The van der Waals surface area contributed by atoms with Gasteiger partial charge in [-0.15, -0.1) is 5.10 Å². The van der Waals surface area contributed by atoms with Crippen LogP contribution in [0.3, 0.4) is 0 Å². The molecule has 2 aromatic rings. The Hall–Kier alpha value is -1.95. The Morgan fingerprint density at radius 1 is 1.44 bits per heavy atom. The minimum absolute atomic E-state index is 0.159. The SMILES string of the molecule is O=C(Nc1ccc2c(c1)CCCN2)c1cnns1. The van der Waals surface area contributed by atoms with E-state index in [2.05, 4.69) is 20.2 Å². The predicted molar refractivity (Wildman–Crippen MR) is 71.1 cm³/mol. The fourth-order valence-electron chi connectivity index (χ4n) is 2.01. The summed E-state index contributed by atoms with van der Waals surface area (Å²) in [4.78, 5) is 12.4. The van der Waals surface area contributed by atoms with Gasteiger partial charge in [0.25, 0.3) is 5.91 Å². The first kappa shape index (κ1) is 11.2. The molecule has 0 aliphatic carbocycles. The van der Waals surface area contributed by atoms with Crippen LogP contribution in [-0.2, 0) is 6.42 Å². The highest BCUT2D eigenvalue weighted by Gasteiger charge is 2.12. The first-order valence-electron chi connectivity index (χ1n) is 5.78. The van der Waals surface area contributed by atoms with Gasteiger partial charge in [-0.3, -0.25) is 4.79 Å². The number of nitrogens with one attached hydrogen (secondary N) is 2. The van der Waals surface area contributed by atoms with Gasteiger partial charge in [0.2, 0.25) is 0 Å². The fourth-order valence-corrected chi connectivity index (χ4v) is 2.42. The number of hydrogen-bond donors (Lipinski definition) is 2. The van der Waals surface area contributed by atoms with Crippen LogP contribution < -0.4 is 10.6 Å². The average molecular weight is 260 g/mol. The molecule has 1 amide bonds. The van der Waals surface area contributed by atoms with E-state index in [4.69, 9.17) is 0 Å². The predicted octanol–water partition coefficient (Wildman–Crippen LogP) is 2.15. The molecule has 1 aromatic carbocycles. The van der Waals surface area contributed by atoms with Crippen molar-refractivity contribution in [2.45, 2.75) is 12.8 Å². The molecule has 2 N–H and O–H groups in total. The van der Waals surface area contributed by atoms with Crippen LogP contribution in [0.25, 0.3) is 0 Å². The zero-order chi connectivity index (χ0) is 12.4. The molecule has 2 heterocycles. The summed E-state index contributed by atoms with van der Waals surface area (Å²) in [6.45, 7) is 1.02. The third-order valence-corrected chi connectivity index (χ3v) is 3.55. The lowest BCUT2D eigenvalue weighted by atomic mass is 10.0. The van der Waals surface area contributed by atoms with Crippen molar-refractivity contribution in [3.05, 3.63) is 34.8 Å². The second-order valence-corrected chi connectivity index (χ2v) is 4.92. The molecule has 0 bridgehead atoms. The van der Waals surface area contributed by atoms with E-state index < -0.39 is 0 Å². The quantitative estimate of drug-likeness (QED) is 0.868. The van der Waals surface area contributed by atoms with Crippen molar-refractivity contribution >= 4 is 28.8 Å². The number of aryl methyl sites for hydroxylation is 1. The topological polar surface area (TPSA) is 66.9 Å². The lowest BCUT2D eigenvalue weighted by molar-refractivity contribution is 0.103. The summed E-state index contributed by atoms with van der Waals surface area (Å²) < 4.78 is 3.68. The summed E-state index contributed by atoms with van der Waals surface area (Å²) in [6.07, 6.45) is 3.65. The Morgan fingerprint density at radius 3 is 3.22 bits per heavy atom. The molecule has 1 aromatic heterocycles. The summed E-state index contributed by atoms with van der Waals surface area (Å²) >= 11 is 1.09. The zero-order valence-corrected chi connectivity index (χ0v) is 10.5. The summed E-state index contributed by atoms with van der Waals surface area (Å²) in [5.74, 6) is -0.159. The molecular formula is C12H12N4OS. The molecule has 0 saturated heterocycles. The van der Waals surface area contributed by atoms with Crippen LogP contribution in [-0.4, -0.2) is 22.0 Å². The van der Waals surface area contributed by atoms with Gasteiger partial charge in [0.15, 0.2) is 0 Å². The first-order valence-corrected chi connectivity index (χ1v) is 6.56. The number of nitrogens with zero attached hydrogens (tertiary/aromatic N) is 2. The largest absolute Gasteiger partial charge is 0.385 e. The number of aromatic nitrogens is 2. The van der Waals surface area contributed by atoms with Crippen LogP contribution in [0.5, 0.6) is 0 Å². The Bertz CT molecular complexity index is 567. The number of anilines is 2. The third-order valence-electron chi connectivity index (χ3n) is 2.89. The maximum absolute atomic E-state index is 11.8.